The van der Waals surface area contributed by atoms with Gasteiger partial charge in [-0.05, 0) is 31.9 Å². The Labute approximate surface area is 176 Å². The van der Waals surface area contributed by atoms with Crippen LogP contribution in [0.15, 0.2) is 24.5 Å². The van der Waals surface area contributed by atoms with Crippen LogP contribution < -0.4 is 15.4 Å². The molecule has 2 fully saturated rings. The Kier molecular flexibility index (Phi) is 5.34. The largest absolute Gasteiger partial charge is 0.485 e. The average molecular weight is 433 g/mol. The van der Waals surface area contributed by atoms with Gasteiger partial charge in [-0.15, -0.1) is 0 Å². The van der Waals surface area contributed by atoms with Crippen LogP contribution >= 0.6 is 0 Å². The maximum absolute atomic E-state index is 14.2. The number of halogens is 3. The van der Waals surface area contributed by atoms with Gasteiger partial charge in [0, 0.05) is 24.7 Å². The molecule has 0 unspecified atom stereocenters. The summed E-state index contributed by atoms with van der Waals surface area (Å²) in [5, 5.41) is 10.9. The fourth-order valence-electron chi connectivity index (χ4n) is 3.70. The van der Waals surface area contributed by atoms with Crippen molar-refractivity contribution in [2.24, 2.45) is 0 Å². The van der Waals surface area contributed by atoms with Crippen molar-refractivity contribution in [3.8, 4) is 17.1 Å². The van der Waals surface area contributed by atoms with E-state index in [0.717, 1.165) is 12.8 Å². The summed E-state index contributed by atoms with van der Waals surface area (Å²) in [6, 6.07) is 2.95. The number of hydrogen-bond donors (Lipinski definition) is 2. The highest BCUT2D eigenvalue weighted by atomic mass is 19.3. The van der Waals surface area contributed by atoms with Crippen LogP contribution in [-0.4, -0.2) is 62.9 Å². The van der Waals surface area contributed by atoms with E-state index in [0.29, 0.717) is 53.9 Å². The van der Waals surface area contributed by atoms with Crippen molar-refractivity contribution in [3.63, 3.8) is 0 Å². The summed E-state index contributed by atoms with van der Waals surface area (Å²) in [4.78, 5) is 13.1. The molecule has 11 heteroatoms. The predicted molar refractivity (Wildman–Crippen MR) is 107 cm³/mol. The minimum atomic E-state index is -2.56. The third-order valence-corrected chi connectivity index (χ3v) is 5.44. The van der Waals surface area contributed by atoms with Crippen molar-refractivity contribution < 1.29 is 17.9 Å². The third-order valence-electron chi connectivity index (χ3n) is 5.44. The van der Waals surface area contributed by atoms with Crippen molar-refractivity contribution in [1.29, 1.82) is 0 Å². The molecule has 5 rings (SSSR count). The van der Waals surface area contributed by atoms with Crippen molar-refractivity contribution in [2.45, 2.75) is 43.8 Å². The van der Waals surface area contributed by atoms with Crippen molar-refractivity contribution in [2.75, 3.05) is 25.0 Å². The van der Waals surface area contributed by atoms with Crippen LogP contribution in [0.5, 0.6) is 5.75 Å². The van der Waals surface area contributed by atoms with Crippen LogP contribution in [0.1, 0.15) is 30.9 Å². The lowest BCUT2D eigenvalue weighted by molar-refractivity contribution is 0.0811. The molecule has 0 bridgehead atoms. The first-order chi connectivity index (χ1) is 15.1. The van der Waals surface area contributed by atoms with Crippen molar-refractivity contribution in [1.82, 2.24) is 29.9 Å². The van der Waals surface area contributed by atoms with Gasteiger partial charge >= 0.3 is 0 Å². The molecule has 0 amide bonds. The van der Waals surface area contributed by atoms with Gasteiger partial charge in [-0.3, -0.25) is 0 Å². The number of ether oxygens (including phenoxy) is 1. The molecule has 0 aromatic carbocycles. The molecule has 0 radical (unpaired) electrons. The Morgan fingerprint density at radius 3 is 2.90 bits per heavy atom. The molecular formula is C20H22F3N7O. The highest BCUT2D eigenvalue weighted by molar-refractivity contribution is 5.61. The normalized spacial score (nSPS) is 21.5. The van der Waals surface area contributed by atoms with Crippen LogP contribution in [0, 0.1) is 0 Å². The second kappa shape index (κ2) is 8.29. The van der Waals surface area contributed by atoms with Crippen molar-refractivity contribution in [3.05, 3.63) is 30.2 Å². The van der Waals surface area contributed by atoms with E-state index in [4.69, 9.17) is 4.74 Å². The number of alkyl halides is 3. The van der Waals surface area contributed by atoms with Gasteiger partial charge in [0.05, 0.1) is 17.9 Å². The van der Waals surface area contributed by atoms with Gasteiger partial charge in [0.25, 0.3) is 6.43 Å². The first-order valence-electron chi connectivity index (χ1n) is 10.3. The average Bonchev–Trinajstić information content (AvgIpc) is 3.53. The second-order valence-corrected chi connectivity index (χ2v) is 7.81. The Morgan fingerprint density at radius 2 is 2.13 bits per heavy atom. The highest BCUT2D eigenvalue weighted by Crippen LogP contribution is 2.43. The Balaban J connectivity index is 1.45. The van der Waals surface area contributed by atoms with Crippen LogP contribution in [0.2, 0.25) is 0 Å². The number of fused-ring (bicyclic) bond motifs is 1. The molecule has 1 saturated heterocycles. The summed E-state index contributed by atoms with van der Waals surface area (Å²) in [6.07, 6.45) is 1.99. The molecule has 0 spiro atoms. The van der Waals surface area contributed by atoms with E-state index < -0.39 is 25.2 Å². The fraction of sp³-hybridized carbons (Fsp3) is 0.500. The van der Waals surface area contributed by atoms with Gasteiger partial charge in [0.2, 0.25) is 5.95 Å². The summed E-state index contributed by atoms with van der Waals surface area (Å²) < 4.78 is 46.3. The molecule has 1 aliphatic carbocycles. The molecule has 2 aliphatic rings. The number of nitrogens with zero attached hydrogens (tertiary/aromatic N) is 5. The molecule has 3 aromatic rings. The topological polar surface area (TPSA) is 89.3 Å². The van der Waals surface area contributed by atoms with Gasteiger partial charge in [0.1, 0.15) is 29.9 Å². The first kappa shape index (κ1) is 20.0. The van der Waals surface area contributed by atoms with E-state index in [2.05, 4.69) is 30.7 Å². The van der Waals surface area contributed by atoms with Gasteiger partial charge in [-0.2, -0.15) is 5.10 Å². The number of imidazole rings is 1. The van der Waals surface area contributed by atoms with E-state index in [1.807, 2.05) is 0 Å². The van der Waals surface area contributed by atoms with E-state index in [-0.39, 0.29) is 5.92 Å². The van der Waals surface area contributed by atoms with Gasteiger partial charge in [0.15, 0.2) is 5.65 Å². The zero-order valence-electron chi connectivity index (χ0n) is 16.6. The standard InChI is InChI=1S/C20H22F3N7O/c21-12-3-5-24-8-14(12)28-20-25-6-4-13(27-20)15-9-26-18-7-16(31-10-17(22)23)19(11-1-2-11)29-30(15)18/h4,6-7,9,11-12,14,17,24H,1-3,5,8,10H2,(H,25,27,28)/t12-,14-/m0/s1. The smallest absolute Gasteiger partial charge is 0.272 e. The number of rotatable bonds is 7. The molecule has 1 aliphatic heterocycles. The molecule has 3 aromatic heterocycles. The lowest BCUT2D eigenvalue weighted by Gasteiger charge is -2.27. The van der Waals surface area contributed by atoms with Gasteiger partial charge < -0.3 is 15.4 Å². The molecule has 2 N–H and O–H groups in total. The van der Waals surface area contributed by atoms with Crippen LogP contribution in [-0.2, 0) is 0 Å². The summed E-state index contributed by atoms with van der Waals surface area (Å²) in [5.41, 5.74) is 2.31. The summed E-state index contributed by atoms with van der Waals surface area (Å²) >= 11 is 0. The van der Waals surface area contributed by atoms with Gasteiger partial charge in [-0.25, -0.2) is 32.6 Å². The van der Waals surface area contributed by atoms with E-state index >= 15 is 0 Å². The van der Waals surface area contributed by atoms with Crippen LogP contribution in [0.25, 0.3) is 17.0 Å². The SMILES string of the molecule is FC(F)COc1cc2ncc(-c3ccnc(N[C@H]4CNCC[C@@H]4F)n3)n2nc1C1CC1. The first-order valence-corrected chi connectivity index (χ1v) is 10.3. The molecule has 4 heterocycles. The monoisotopic (exact) mass is 433 g/mol. The van der Waals surface area contributed by atoms with Gasteiger partial charge in [-0.1, -0.05) is 0 Å². The lowest BCUT2D eigenvalue weighted by Crippen LogP contribution is -2.46. The van der Waals surface area contributed by atoms with Crippen LogP contribution in [0.3, 0.4) is 0 Å². The zero-order chi connectivity index (χ0) is 21.4. The number of aromatic nitrogens is 5. The minimum absolute atomic E-state index is 0.190. The number of piperidine rings is 1. The Bertz CT molecular complexity index is 1070. The summed E-state index contributed by atoms with van der Waals surface area (Å²) in [5.74, 6) is 0.856. The summed E-state index contributed by atoms with van der Waals surface area (Å²) in [6.45, 7) is 0.468. The maximum atomic E-state index is 14.2. The quantitative estimate of drug-likeness (QED) is 0.592. The molecule has 164 valence electrons. The molecular weight excluding hydrogens is 411 g/mol. The van der Waals surface area contributed by atoms with E-state index in [9.17, 15) is 13.2 Å². The summed E-state index contributed by atoms with van der Waals surface area (Å²) in [7, 11) is 0. The highest BCUT2D eigenvalue weighted by Gasteiger charge is 2.30. The maximum Gasteiger partial charge on any atom is 0.272 e. The number of anilines is 1. The Morgan fingerprint density at radius 1 is 1.26 bits per heavy atom. The van der Waals surface area contributed by atoms with E-state index in [1.165, 1.54) is 0 Å². The molecule has 2 atom stereocenters. The van der Waals surface area contributed by atoms with E-state index in [1.54, 1.807) is 29.0 Å². The zero-order valence-corrected chi connectivity index (χ0v) is 16.6. The predicted octanol–water partition coefficient (Wildman–Crippen LogP) is 2.82. The lowest BCUT2D eigenvalue weighted by atomic mass is 10.1. The third kappa shape index (κ3) is 4.27. The van der Waals surface area contributed by atoms with Crippen molar-refractivity contribution >= 4 is 11.6 Å². The molecule has 31 heavy (non-hydrogen) atoms. The molecule has 8 nitrogen and oxygen atoms in total. The number of nitrogens with one attached hydrogen (secondary N) is 2. The second-order valence-electron chi connectivity index (χ2n) is 7.81. The fourth-order valence-corrected chi connectivity index (χ4v) is 3.70. The van der Waals surface area contributed by atoms with Crippen LogP contribution in [0.4, 0.5) is 19.1 Å². The molecule has 1 saturated carbocycles. The number of hydrogen-bond acceptors (Lipinski definition) is 7. The Hall–Kier alpha value is -2.95. The minimum Gasteiger partial charge on any atom is -0.485 e.